The summed E-state index contributed by atoms with van der Waals surface area (Å²) in [7, 11) is 0. The second-order valence-corrected chi connectivity index (χ2v) is 13.0. The Bertz CT molecular complexity index is 1140. The van der Waals surface area contributed by atoms with Gasteiger partial charge < -0.3 is 29.9 Å². The molecule has 3 rings (SSSR count). The minimum atomic E-state index is -0.827. The highest BCUT2D eigenvalue weighted by atomic mass is 16.6. The highest BCUT2D eigenvalue weighted by Gasteiger charge is 2.44. The van der Waals surface area contributed by atoms with Gasteiger partial charge in [-0.2, -0.15) is 0 Å². The molecule has 5 amide bonds. The van der Waals surface area contributed by atoms with Crippen LogP contribution in [-0.2, 0) is 30.3 Å². The van der Waals surface area contributed by atoms with Crippen molar-refractivity contribution in [2.24, 2.45) is 0 Å². The van der Waals surface area contributed by atoms with Crippen molar-refractivity contribution in [1.82, 2.24) is 25.3 Å². The van der Waals surface area contributed by atoms with Crippen LogP contribution in [0.1, 0.15) is 66.4 Å². The number of ether oxygens (including phenoxy) is 2. The quantitative estimate of drug-likeness (QED) is 0.467. The first kappa shape index (κ1) is 33.7. The molecule has 2 heterocycles. The Balaban J connectivity index is 1.54. The third kappa shape index (κ3) is 11.1. The number of carbonyl (C=O) groups is 5. The molecule has 238 valence electrons. The van der Waals surface area contributed by atoms with E-state index in [0.29, 0.717) is 32.6 Å². The van der Waals surface area contributed by atoms with Crippen molar-refractivity contribution in [2.75, 3.05) is 39.3 Å². The Hall–Kier alpha value is -3.83. The monoisotopic (exact) mass is 601 g/mol. The molecule has 2 saturated heterocycles. The van der Waals surface area contributed by atoms with Crippen molar-refractivity contribution >= 4 is 29.9 Å². The summed E-state index contributed by atoms with van der Waals surface area (Å²) >= 11 is 0. The Morgan fingerprint density at radius 2 is 1.47 bits per heavy atom. The Labute approximate surface area is 254 Å². The van der Waals surface area contributed by atoms with Crippen LogP contribution in [0.3, 0.4) is 0 Å². The molecule has 0 aliphatic carbocycles. The lowest BCUT2D eigenvalue weighted by Crippen LogP contribution is -2.55. The van der Waals surface area contributed by atoms with E-state index >= 15 is 0 Å². The number of carbonyl (C=O) groups excluding carboxylic acids is 5. The number of aryl methyl sites for hydroxylation is 1. The van der Waals surface area contributed by atoms with E-state index in [9.17, 15) is 24.0 Å². The van der Waals surface area contributed by atoms with Gasteiger partial charge >= 0.3 is 12.2 Å². The SMILES string of the molecule is CC(C)(C)OC(=O)NCC(=O)NC1C[C@@H](C(=O)N2CCN(C(=O)CCCc3ccccc3)CC2)N(C(=O)OC(C)(C)C)C1. The number of amides is 5. The van der Waals surface area contributed by atoms with Crippen LogP contribution in [0, 0.1) is 0 Å². The molecule has 0 spiro atoms. The van der Waals surface area contributed by atoms with Crippen LogP contribution in [0.15, 0.2) is 30.3 Å². The number of nitrogens with zero attached hydrogens (tertiary/aromatic N) is 3. The minimum Gasteiger partial charge on any atom is -0.444 e. The number of hydrogen-bond acceptors (Lipinski definition) is 7. The van der Waals surface area contributed by atoms with Gasteiger partial charge in [0.2, 0.25) is 17.7 Å². The number of nitrogens with one attached hydrogen (secondary N) is 2. The van der Waals surface area contributed by atoms with Crippen molar-refractivity contribution < 1.29 is 33.4 Å². The molecule has 0 radical (unpaired) electrons. The molecule has 12 heteroatoms. The van der Waals surface area contributed by atoms with Gasteiger partial charge in [0.05, 0.1) is 0 Å². The van der Waals surface area contributed by atoms with Crippen LogP contribution in [0.25, 0.3) is 0 Å². The largest absolute Gasteiger partial charge is 0.444 e. The third-order valence-electron chi connectivity index (χ3n) is 7.01. The summed E-state index contributed by atoms with van der Waals surface area (Å²) in [5, 5.41) is 5.22. The van der Waals surface area contributed by atoms with E-state index in [1.165, 1.54) is 10.5 Å². The van der Waals surface area contributed by atoms with E-state index in [2.05, 4.69) is 22.8 Å². The molecule has 0 saturated carbocycles. The van der Waals surface area contributed by atoms with Gasteiger partial charge in [0.15, 0.2) is 0 Å². The van der Waals surface area contributed by atoms with E-state index in [1.807, 2.05) is 18.2 Å². The van der Waals surface area contributed by atoms with Crippen LogP contribution in [0.2, 0.25) is 0 Å². The zero-order valence-electron chi connectivity index (χ0n) is 26.3. The smallest absolute Gasteiger partial charge is 0.411 e. The molecule has 1 unspecified atom stereocenters. The van der Waals surface area contributed by atoms with E-state index in [1.54, 1.807) is 51.3 Å². The molecule has 2 fully saturated rings. The van der Waals surface area contributed by atoms with Gasteiger partial charge in [-0.1, -0.05) is 30.3 Å². The summed E-state index contributed by atoms with van der Waals surface area (Å²) in [5.74, 6) is -0.639. The zero-order chi connectivity index (χ0) is 31.8. The summed E-state index contributed by atoms with van der Waals surface area (Å²) in [6.07, 6.45) is 0.891. The Morgan fingerprint density at radius 1 is 0.860 bits per heavy atom. The summed E-state index contributed by atoms with van der Waals surface area (Å²) in [6, 6.07) is 8.71. The van der Waals surface area contributed by atoms with Crippen molar-refractivity contribution in [3.8, 4) is 0 Å². The fourth-order valence-corrected chi connectivity index (χ4v) is 5.08. The standard InChI is InChI=1S/C31H47N5O7/c1-30(2,3)42-28(40)32-20-25(37)33-23-19-24(36(21-23)29(41)43-31(4,5)6)27(39)35-17-15-34(16-18-35)26(38)14-10-13-22-11-8-7-9-12-22/h7-9,11-12,23-24H,10,13-21H2,1-6H3,(H,32,40)(H,33,37)/t23?,24-/m0/s1. The predicted octanol–water partition coefficient (Wildman–Crippen LogP) is 2.70. The lowest BCUT2D eigenvalue weighted by atomic mass is 10.1. The average Bonchev–Trinajstić information content (AvgIpc) is 3.34. The molecule has 2 N–H and O–H groups in total. The summed E-state index contributed by atoms with van der Waals surface area (Å²) in [5.41, 5.74) is -0.268. The molecule has 0 bridgehead atoms. The fourth-order valence-electron chi connectivity index (χ4n) is 5.08. The minimum absolute atomic E-state index is 0.0713. The summed E-state index contributed by atoms with van der Waals surface area (Å²) in [6.45, 7) is 11.7. The number of likely N-dealkylation sites (tertiary alicyclic amines) is 1. The number of piperazine rings is 1. The topological polar surface area (TPSA) is 138 Å². The van der Waals surface area contributed by atoms with Crippen LogP contribution >= 0.6 is 0 Å². The molecular formula is C31H47N5O7. The molecule has 12 nitrogen and oxygen atoms in total. The Kier molecular flexibility index (Phi) is 11.4. The van der Waals surface area contributed by atoms with Gasteiger partial charge in [-0.15, -0.1) is 0 Å². The van der Waals surface area contributed by atoms with Gasteiger partial charge in [-0.05, 0) is 66.4 Å². The molecule has 1 aromatic carbocycles. The van der Waals surface area contributed by atoms with Crippen LogP contribution in [-0.4, -0.2) is 107 Å². The maximum absolute atomic E-state index is 13.7. The Morgan fingerprint density at radius 3 is 2.07 bits per heavy atom. The average molecular weight is 602 g/mol. The normalized spacial score (nSPS) is 19.1. The number of alkyl carbamates (subject to hydrolysis) is 1. The van der Waals surface area contributed by atoms with Gasteiger partial charge in [-0.25, -0.2) is 9.59 Å². The van der Waals surface area contributed by atoms with Gasteiger partial charge in [0.1, 0.15) is 23.8 Å². The maximum atomic E-state index is 13.7. The van der Waals surface area contributed by atoms with Crippen molar-refractivity contribution in [3.63, 3.8) is 0 Å². The van der Waals surface area contributed by atoms with Gasteiger partial charge in [0.25, 0.3) is 0 Å². The van der Waals surface area contributed by atoms with E-state index < -0.39 is 41.4 Å². The van der Waals surface area contributed by atoms with Crippen molar-refractivity contribution in [1.29, 1.82) is 0 Å². The number of benzene rings is 1. The van der Waals surface area contributed by atoms with Crippen molar-refractivity contribution in [3.05, 3.63) is 35.9 Å². The maximum Gasteiger partial charge on any atom is 0.411 e. The molecule has 43 heavy (non-hydrogen) atoms. The summed E-state index contributed by atoms with van der Waals surface area (Å²) in [4.78, 5) is 68.8. The molecule has 0 aromatic heterocycles. The van der Waals surface area contributed by atoms with Gasteiger partial charge in [-0.3, -0.25) is 19.3 Å². The highest BCUT2D eigenvalue weighted by Crippen LogP contribution is 2.24. The van der Waals surface area contributed by atoms with Gasteiger partial charge in [0, 0.05) is 45.2 Å². The van der Waals surface area contributed by atoms with Crippen LogP contribution < -0.4 is 10.6 Å². The van der Waals surface area contributed by atoms with Crippen LogP contribution in [0.4, 0.5) is 9.59 Å². The number of hydrogen-bond donors (Lipinski definition) is 2. The van der Waals surface area contributed by atoms with Crippen molar-refractivity contribution in [2.45, 2.75) is 90.5 Å². The molecule has 2 aliphatic rings. The lowest BCUT2D eigenvalue weighted by molar-refractivity contribution is -0.142. The predicted molar refractivity (Wildman–Crippen MR) is 160 cm³/mol. The second kappa shape index (κ2) is 14.6. The first-order chi connectivity index (χ1) is 20.1. The molecule has 2 aliphatic heterocycles. The molecule has 1 aromatic rings. The van der Waals surface area contributed by atoms with E-state index in [0.717, 1.165) is 12.8 Å². The van der Waals surface area contributed by atoms with E-state index in [4.69, 9.17) is 9.47 Å². The zero-order valence-corrected chi connectivity index (χ0v) is 26.3. The number of rotatable bonds is 8. The van der Waals surface area contributed by atoms with Crippen LogP contribution in [0.5, 0.6) is 0 Å². The third-order valence-corrected chi connectivity index (χ3v) is 7.01. The first-order valence-electron chi connectivity index (χ1n) is 15.0. The highest BCUT2D eigenvalue weighted by molar-refractivity contribution is 5.88. The first-order valence-corrected chi connectivity index (χ1v) is 15.0. The lowest BCUT2D eigenvalue weighted by Gasteiger charge is -2.37. The van der Waals surface area contributed by atoms with E-state index in [-0.39, 0.29) is 31.3 Å². The summed E-state index contributed by atoms with van der Waals surface area (Å²) < 4.78 is 10.7. The molecule has 2 atom stereocenters. The second-order valence-electron chi connectivity index (χ2n) is 13.0. The molecular weight excluding hydrogens is 554 g/mol. The fraction of sp³-hybridized carbons (Fsp3) is 0.645.